The molecular weight excluding hydrogens is 374 g/mol. The van der Waals surface area contributed by atoms with Crippen molar-refractivity contribution in [2.75, 3.05) is 13.2 Å². The SMILES string of the molecule is CCC[SiH]1CCC(C2CCC(COc3ccc(OCC)c(F)c3F)CC2)CC1. The van der Waals surface area contributed by atoms with Crippen LogP contribution in [0.3, 0.4) is 0 Å². The minimum Gasteiger partial charge on any atom is -0.491 e. The molecule has 0 N–H and O–H groups in total. The third kappa shape index (κ3) is 5.49. The first-order valence-electron chi connectivity index (χ1n) is 11.4. The van der Waals surface area contributed by atoms with Gasteiger partial charge in [-0.2, -0.15) is 8.78 Å². The Hall–Kier alpha value is -1.10. The fourth-order valence-electron chi connectivity index (χ4n) is 5.28. The van der Waals surface area contributed by atoms with Crippen LogP contribution < -0.4 is 9.47 Å². The first kappa shape index (κ1) is 21.6. The summed E-state index contributed by atoms with van der Waals surface area (Å²) >= 11 is 0. The van der Waals surface area contributed by atoms with Gasteiger partial charge in [0.05, 0.1) is 13.2 Å². The smallest absolute Gasteiger partial charge is 0.204 e. The maximum absolute atomic E-state index is 14.2. The van der Waals surface area contributed by atoms with Gasteiger partial charge in [0.15, 0.2) is 11.5 Å². The van der Waals surface area contributed by atoms with Crippen molar-refractivity contribution in [1.82, 2.24) is 0 Å². The Morgan fingerprint density at radius 2 is 1.43 bits per heavy atom. The van der Waals surface area contributed by atoms with Crippen LogP contribution in [0.5, 0.6) is 11.5 Å². The van der Waals surface area contributed by atoms with E-state index < -0.39 is 20.4 Å². The Morgan fingerprint density at radius 3 is 2.00 bits per heavy atom. The van der Waals surface area contributed by atoms with Crippen molar-refractivity contribution >= 4 is 8.80 Å². The zero-order valence-electron chi connectivity index (χ0n) is 17.5. The Bertz CT molecular complexity index is 609. The lowest BCUT2D eigenvalue weighted by Crippen LogP contribution is -2.29. The van der Waals surface area contributed by atoms with E-state index in [2.05, 4.69) is 6.92 Å². The Labute approximate surface area is 170 Å². The summed E-state index contributed by atoms with van der Waals surface area (Å²) in [4.78, 5) is 0. The Morgan fingerprint density at radius 1 is 0.857 bits per heavy atom. The van der Waals surface area contributed by atoms with Crippen LogP contribution >= 0.6 is 0 Å². The highest BCUT2D eigenvalue weighted by molar-refractivity contribution is 6.58. The maximum atomic E-state index is 14.2. The van der Waals surface area contributed by atoms with Crippen LogP contribution in [0.4, 0.5) is 8.78 Å². The van der Waals surface area contributed by atoms with Gasteiger partial charge in [-0.15, -0.1) is 0 Å². The van der Waals surface area contributed by atoms with Crippen LogP contribution in [0.15, 0.2) is 12.1 Å². The van der Waals surface area contributed by atoms with Gasteiger partial charge in [-0.3, -0.25) is 0 Å². The molecule has 0 amide bonds. The third-order valence-electron chi connectivity index (χ3n) is 6.93. The van der Waals surface area contributed by atoms with E-state index in [0.717, 1.165) is 24.7 Å². The van der Waals surface area contributed by atoms with Crippen molar-refractivity contribution in [3.05, 3.63) is 23.8 Å². The van der Waals surface area contributed by atoms with Crippen molar-refractivity contribution in [2.24, 2.45) is 17.8 Å². The predicted molar refractivity (Wildman–Crippen MR) is 113 cm³/mol. The minimum atomic E-state index is -0.953. The fourth-order valence-corrected chi connectivity index (χ4v) is 8.76. The molecule has 1 saturated heterocycles. The zero-order valence-corrected chi connectivity index (χ0v) is 18.7. The molecule has 1 heterocycles. The lowest BCUT2D eigenvalue weighted by molar-refractivity contribution is 0.145. The van der Waals surface area contributed by atoms with Gasteiger partial charge in [0.25, 0.3) is 0 Å². The van der Waals surface area contributed by atoms with E-state index in [1.54, 1.807) is 25.1 Å². The average molecular weight is 411 g/mol. The summed E-state index contributed by atoms with van der Waals surface area (Å²) in [6.45, 7) is 4.86. The topological polar surface area (TPSA) is 18.5 Å². The molecule has 2 fully saturated rings. The van der Waals surface area contributed by atoms with E-state index in [1.165, 1.54) is 44.2 Å². The molecule has 158 valence electrons. The van der Waals surface area contributed by atoms with Crippen LogP contribution in [-0.4, -0.2) is 22.0 Å². The molecule has 0 radical (unpaired) electrons. The summed E-state index contributed by atoms with van der Waals surface area (Å²) in [6.07, 6.45) is 9.18. The van der Waals surface area contributed by atoms with E-state index in [0.29, 0.717) is 19.1 Å². The molecule has 1 saturated carbocycles. The predicted octanol–water partition coefficient (Wildman–Crippen LogP) is 6.60. The van der Waals surface area contributed by atoms with Gasteiger partial charge in [-0.25, -0.2) is 0 Å². The number of hydrogen-bond donors (Lipinski definition) is 0. The summed E-state index contributed by atoms with van der Waals surface area (Å²) < 4.78 is 38.9. The molecule has 0 spiro atoms. The molecule has 28 heavy (non-hydrogen) atoms. The lowest BCUT2D eigenvalue weighted by Gasteiger charge is -2.37. The Balaban J connectivity index is 1.42. The van der Waals surface area contributed by atoms with Gasteiger partial charge in [-0.1, -0.05) is 44.3 Å². The molecule has 1 aromatic carbocycles. The van der Waals surface area contributed by atoms with Gasteiger partial charge in [-0.05, 0) is 62.5 Å². The molecule has 0 unspecified atom stereocenters. The largest absolute Gasteiger partial charge is 0.491 e. The monoisotopic (exact) mass is 410 g/mol. The molecule has 1 aromatic rings. The first-order valence-corrected chi connectivity index (χ1v) is 13.8. The molecule has 5 heteroatoms. The maximum Gasteiger partial charge on any atom is 0.204 e. The van der Waals surface area contributed by atoms with E-state index in [1.807, 2.05) is 0 Å². The average Bonchev–Trinajstić information content (AvgIpc) is 2.72. The standard InChI is InChI=1S/C23H36F2O2Si/c1-3-13-28-14-11-19(12-15-28)18-7-5-17(6-8-18)16-27-21-10-9-20(26-4-2)22(24)23(21)25/h9-10,17-19,28H,3-8,11-16H2,1-2H3. The molecule has 1 aliphatic carbocycles. The number of halogens is 2. The van der Waals surface area contributed by atoms with Crippen LogP contribution in [0.25, 0.3) is 0 Å². The van der Waals surface area contributed by atoms with Crippen LogP contribution in [0.1, 0.15) is 58.8 Å². The first-order chi connectivity index (χ1) is 13.6. The van der Waals surface area contributed by atoms with Crippen molar-refractivity contribution in [1.29, 1.82) is 0 Å². The van der Waals surface area contributed by atoms with E-state index in [9.17, 15) is 8.78 Å². The second-order valence-corrected chi connectivity index (χ2v) is 12.2. The van der Waals surface area contributed by atoms with Gasteiger partial charge >= 0.3 is 0 Å². The van der Waals surface area contributed by atoms with Crippen molar-refractivity contribution in [3.63, 3.8) is 0 Å². The molecule has 0 aromatic heterocycles. The van der Waals surface area contributed by atoms with Gasteiger partial charge in [0.1, 0.15) is 0 Å². The summed E-state index contributed by atoms with van der Waals surface area (Å²) in [5.74, 6) is 0.341. The molecule has 2 nitrogen and oxygen atoms in total. The number of ether oxygens (including phenoxy) is 2. The van der Waals surface area contributed by atoms with E-state index in [4.69, 9.17) is 9.47 Å². The highest BCUT2D eigenvalue weighted by Crippen LogP contribution is 2.41. The molecule has 1 aliphatic heterocycles. The van der Waals surface area contributed by atoms with Gasteiger partial charge in [0.2, 0.25) is 11.6 Å². The van der Waals surface area contributed by atoms with Crippen molar-refractivity contribution in [2.45, 2.75) is 76.9 Å². The number of benzene rings is 1. The minimum absolute atomic E-state index is 0.00211. The second kappa shape index (κ2) is 10.6. The molecular formula is C23H36F2O2Si. The van der Waals surface area contributed by atoms with Crippen molar-refractivity contribution < 1.29 is 18.3 Å². The second-order valence-electron chi connectivity index (χ2n) is 8.78. The van der Waals surface area contributed by atoms with Gasteiger partial charge in [0, 0.05) is 8.80 Å². The molecule has 0 bridgehead atoms. The summed E-state index contributed by atoms with van der Waals surface area (Å²) in [7, 11) is -0.390. The van der Waals surface area contributed by atoms with Gasteiger partial charge < -0.3 is 9.47 Å². The van der Waals surface area contributed by atoms with Crippen LogP contribution in [-0.2, 0) is 0 Å². The fraction of sp³-hybridized carbons (Fsp3) is 0.739. The number of rotatable bonds is 8. The van der Waals surface area contributed by atoms with Crippen LogP contribution in [0, 0.1) is 29.4 Å². The zero-order chi connectivity index (χ0) is 19.9. The normalized spacial score (nSPS) is 28.1. The molecule has 2 aliphatic rings. The summed E-state index contributed by atoms with van der Waals surface area (Å²) in [5, 5.41) is 0. The summed E-state index contributed by atoms with van der Waals surface area (Å²) in [5.41, 5.74) is 0. The summed E-state index contributed by atoms with van der Waals surface area (Å²) in [6, 6.07) is 7.59. The number of hydrogen-bond acceptors (Lipinski definition) is 2. The third-order valence-corrected chi connectivity index (χ3v) is 10.6. The van der Waals surface area contributed by atoms with Crippen LogP contribution in [0.2, 0.25) is 18.1 Å². The van der Waals surface area contributed by atoms with E-state index in [-0.39, 0.29) is 11.5 Å². The Kier molecular flexibility index (Phi) is 8.19. The quantitative estimate of drug-likeness (QED) is 0.450. The highest BCUT2D eigenvalue weighted by Gasteiger charge is 2.31. The van der Waals surface area contributed by atoms with Crippen molar-refractivity contribution in [3.8, 4) is 11.5 Å². The van der Waals surface area contributed by atoms with E-state index >= 15 is 0 Å². The highest BCUT2D eigenvalue weighted by atomic mass is 28.3. The lowest BCUT2D eigenvalue weighted by atomic mass is 9.74. The molecule has 0 atom stereocenters. The molecule has 3 rings (SSSR count).